The first kappa shape index (κ1) is 22.8. The van der Waals surface area contributed by atoms with Gasteiger partial charge in [-0.3, -0.25) is 14.9 Å². The number of hydrogen-bond donors (Lipinski definition) is 1. The number of nitro benzene ring substituents is 1. The summed E-state index contributed by atoms with van der Waals surface area (Å²) in [5.41, 5.74) is 3.63. The highest BCUT2D eigenvalue weighted by Gasteiger charge is 2.38. The van der Waals surface area contributed by atoms with Crippen molar-refractivity contribution in [2.24, 2.45) is 5.92 Å². The van der Waals surface area contributed by atoms with Crippen molar-refractivity contribution in [3.05, 3.63) is 116 Å². The van der Waals surface area contributed by atoms with E-state index >= 15 is 0 Å². The summed E-state index contributed by atoms with van der Waals surface area (Å²) >= 11 is 6.07. The van der Waals surface area contributed by atoms with Crippen LogP contribution in [0.3, 0.4) is 0 Å². The van der Waals surface area contributed by atoms with Crippen LogP contribution in [-0.4, -0.2) is 23.3 Å². The van der Waals surface area contributed by atoms with E-state index in [1.165, 1.54) is 24.3 Å². The van der Waals surface area contributed by atoms with Crippen molar-refractivity contribution in [3.8, 4) is 0 Å². The minimum absolute atomic E-state index is 0.112. The number of carbonyl (C=O) groups is 2. The maximum Gasteiger partial charge on any atom is 0.338 e. The van der Waals surface area contributed by atoms with Gasteiger partial charge in [0.2, 0.25) is 0 Å². The van der Waals surface area contributed by atoms with E-state index in [2.05, 4.69) is 17.5 Å². The number of carbonyl (C=O) groups excluding carboxylic acids is 2. The molecule has 1 aliphatic carbocycles. The van der Waals surface area contributed by atoms with Crippen LogP contribution in [0.4, 0.5) is 11.4 Å². The van der Waals surface area contributed by atoms with E-state index in [9.17, 15) is 19.7 Å². The molecule has 3 atom stereocenters. The van der Waals surface area contributed by atoms with Crippen LogP contribution < -0.4 is 5.32 Å². The van der Waals surface area contributed by atoms with Crippen molar-refractivity contribution in [1.82, 2.24) is 0 Å². The zero-order valence-electron chi connectivity index (χ0n) is 18.5. The van der Waals surface area contributed by atoms with Crippen molar-refractivity contribution in [2.75, 3.05) is 11.9 Å². The van der Waals surface area contributed by atoms with Gasteiger partial charge in [-0.05, 0) is 65.9 Å². The number of ether oxygens (including phenoxy) is 1. The monoisotopic (exact) mass is 488 g/mol. The number of benzene rings is 3. The second-order valence-corrected chi connectivity index (χ2v) is 9.07. The van der Waals surface area contributed by atoms with Gasteiger partial charge in [-0.1, -0.05) is 35.9 Å². The van der Waals surface area contributed by atoms with Crippen LogP contribution in [0.1, 0.15) is 50.2 Å². The first-order valence-corrected chi connectivity index (χ1v) is 11.6. The number of fused-ring (bicyclic) bond motifs is 3. The van der Waals surface area contributed by atoms with E-state index in [0.29, 0.717) is 16.5 Å². The lowest BCUT2D eigenvalue weighted by Crippen LogP contribution is -2.29. The van der Waals surface area contributed by atoms with Crippen molar-refractivity contribution in [2.45, 2.75) is 18.4 Å². The number of nitrogens with zero attached hydrogens (tertiary/aromatic N) is 1. The van der Waals surface area contributed by atoms with Crippen LogP contribution in [0.25, 0.3) is 0 Å². The summed E-state index contributed by atoms with van der Waals surface area (Å²) < 4.78 is 5.25. The van der Waals surface area contributed by atoms with E-state index in [0.717, 1.165) is 23.2 Å². The van der Waals surface area contributed by atoms with Crippen LogP contribution in [0.5, 0.6) is 0 Å². The lowest BCUT2D eigenvalue weighted by atomic mass is 9.76. The van der Waals surface area contributed by atoms with Gasteiger partial charge >= 0.3 is 5.97 Å². The lowest BCUT2D eigenvalue weighted by molar-refractivity contribution is -0.384. The molecule has 0 unspecified atom stereocenters. The molecule has 0 radical (unpaired) electrons. The third-order valence-corrected chi connectivity index (χ3v) is 6.81. The second kappa shape index (κ2) is 9.35. The molecule has 35 heavy (non-hydrogen) atoms. The number of nitrogens with one attached hydrogen (secondary N) is 1. The summed E-state index contributed by atoms with van der Waals surface area (Å²) in [5.74, 6) is -0.570. The Kier molecular flexibility index (Phi) is 6.09. The van der Waals surface area contributed by atoms with E-state index < -0.39 is 23.3 Å². The van der Waals surface area contributed by atoms with E-state index in [1.807, 2.05) is 36.4 Å². The van der Waals surface area contributed by atoms with Crippen LogP contribution in [0.15, 0.2) is 78.9 Å². The predicted octanol–water partition coefficient (Wildman–Crippen LogP) is 6.11. The molecule has 7 nitrogen and oxygen atoms in total. The summed E-state index contributed by atoms with van der Waals surface area (Å²) in [5, 5.41) is 15.1. The third-order valence-electron chi connectivity index (χ3n) is 6.56. The number of rotatable bonds is 6. The highest BCUT2D eigenvalue weighted by Crippen LogP contribution is 2.50. The zero-order chi connectivity index (χ0) is 24.5. The Hall–Kier alpha value is -3.97. The van der Waals surface area contributed by atoms with E-state index in [-0.39, 0.29) is 23.2 Å². The molecule has 0 fully saturated rings. The van der Waals surface area contributed by atoms with E-state index in [4.69, 9.17) is 16.3 Å². The molecule has 1 aliphatic heterocycles. The van der Waals surface area contributed by atoms with Crippen molar-refractivity contribution < 1.29 is 19.2 Å². The standard InChI is InChI=1S/C27H21ClN2O5/c28-19-9-4-17(5-10-19)26-22-3-1-2-21(22)23-14-18(8-13-24(23)29-26)27(32)35-15-25(31)16-6-11-20(12-7-16)30(33)34/h1-2,4-14,21-22,26,29H,3,15H2/t21-,22+,26-/m1/s1. The van der Waals surface area contributed by atoms with Crippen molar-refractivity contribution in [3.63, 3.8) is 0 Å². The predicted molar refractivity (Wildman–Crippen MR) is 132 cm³/mol. The Labute approximate surface area is 206 Å². The Morgan fingerprint density at radius 1 is 1.03 bits per heavy atom. The smallest absolute Gasteiger partial charge is 0.338 e. The molecule has 8 heteroatoms. The molecule has 176 valence electrons. The molecule has 0 spiro atoms. The first-order chi connectivity index (χ1) is 16.9. The maximum absolute atomic E-state index is 12.7. The van der Waals surface area contributed by atoms with Crippen molar-refractivity contribution >= 4 is 34.7 Å². The Morgan fingerprint density at radius 3 is 2.46 bits per heavy atom. The molecule has 1 N–H and O–H groups in total. The van der Waals surface area contributed by atoms with Gasteiger partial charge in [0.25, 0.3) is 5.69 Å². The van der Waals surface area contributed by atoms with Gasteiger partial charge in [0.05, 0.1) is 16.5 Å². The van der Waals surface area contributed by atoms with Gasteiger partial charge in [0, 0.05) is 34.3 Å². The SMILES string of the molecule is O=C(COC(=O)c1ccc2c(c1)[C@@H]1C=CC[C@@H]1[C@@H](c1ccc(Cl)cc1)N2)c1ccc([N+](=O)[O-])cc1. The molecule has 3 aromatic carbocycles. The topological polar surface area (TPSA) is 98.5 Å². The number of allylic oxidation sites excluding steroid dienone is 2. The van der Waals surface area contributed by atoms with Crippen LogP contribution >= 0.6 is 11.6 Å². The Balaban J connectivity index is 1.30. The molecule has 0 bridgehead atoms. The summed E-state index contributed by atoms with van der Waals surface area (Å²) in [6.45, 7) is -0.448. The van der Waals surface area contributed by atoms with E-state index in [1.54, 1.807) is 6.07 Å². The number of halogens is 1. The van der Waals surface area contributed by atoms with Gasteiger partial charge in [-0.25, -0.2) is 4.79 Å². The molecule has 0 aromatic heterocycles. The van der Waals surface area contributed by atoms with Gasteiger partial charge in [0.1, 0.15) is 0 Å². The highest BCUT2D eigenvalue weighted by atomic mass is 35.5. The third kappa shape index (κ3) is 4.55. The number of anilines is 1. The largest absolute Gasteiger partial charge is 0.454 e. The minimum atomic E-state index is -0.596. The number of esters is 1. The van der Waals surface area contributed by atoms with Crippen LogP contribution in [0.2, 0.25) is 5.02 Å². The van der Waals surface area contributed by atoms with Gasteiger partial charge in [-0.2, -0.15) is 0 Å². The fourth-order valence-electron chi connectivity index (χ4n) is 4.79. The average molecular weight is 489 g/mol. The average Bonchev–Trinajstić information content (AvgIpc) is 3.37. The number of Topliss-reactive ketones (excluding diaryl/α,β-unsaturated/α-hetero) is 1. The summed E-state index contributed by atoms with van der Waals surface area (Å²) in [4.78, 5) is 35.3. The van der Waals surface area contributed by atoms with Crippen LogP contribution in [-0.2, 0) is 4.74 Å². The molecule has 0 saturated carbocycles. The molecular formula is C27H21ClN2O5. The number of nitro groups is 1. The first-order valence-electron chi connectivity index (χ1n) is 11.2. The molecule has 1 heterocycles. The fraction of sp³-hybridized carbons (Fsp3) is 0.185. The second-order valence-electron chi connectivity index (χ2n) is 8.63. The summed E-state index contributed by atoms with van der Waals surface area (Å²) in [6.07, 6.45) is 5.27. The lowest BCUT2D eigenvalue weighted by Gasteiger charge is -2.37. The van der Waals surface area contributed by atoms with Gasteiger partial charge in [0.15, 0.2) is 12.4 Å². The number of ketones is 1. The summed E-state index contributed by atoms with van der Waals surface area (Å²) in [6, 6.07) is 18.5. The Bertz CT molecular complexity index is 1330. The van der Waals surface area contributed by atoms with Crippen molar-refractivity contribution in [1.29, 1.82) is 0 Å². The number of hydrogen-bond acceptors (Lipinski definition) is 6. The molecule has 0 saturated heterocycles. The molecule has 5 rings (SSSR count). The summed E-state index contributed by atoms with van der Waals surface area (Å²) in [7, 11) is 0. The number of non-ortho nitro benzene ring substituents is 1. The molecule has 2 aliphatic rings. The molecular weight excluding hydrogens is 468 g/mol. The molecule has 3 aromatic rings. The minimum Gasteiger partial charge on any atom is -0.454 e. The maximum atomic E-state index is 12.7. The molecule has 0 amide bonds. The fourth-order valence-corrected chi connectivity index (χ4v) is 4.91. The van der Waals surface area contributed by atoms with Gasteiger partial charge < -0.3 is 10.1 Å². The highest BCUT2D eigenvalue weighted by molar-refractivity contribution is 6.30. The normalized spacial score (nSPS) is 19.9. The zero-order valence-corrected chi connectivity index (χ0v) is 19.3. The Morgan fingerprint density at radius 2 is 1.74 bits per heavy atom. The van der Waals surface area contributed by atoms with Gasteiger partial charge in [-0.15, -0.1) is 0 Å². The quantitative estimate of drug-likeness (QED) is 0.148. The van der Waals surface area contributed by atoms with Crippen LogP contribution in [0, 0.1) is 16.0 Å².